The number of piperazine rings is 1. The van der Waals surface area contributed by atoms with E-state index in [0.717, 1.165) is 54.7 Å². The summed E-state index contributed by atoms with van der Waals surface area (Å²) in [5.41, 5.74) is 2.73. The number of benzene rings is 2. The standard InChI is InChI=1S/C24H26ClN5O2S/c1-17-20(25)7-4-8-21(17)27-23(31)16-33-24-26-10-9-22(28-24)30-13-11-29(12-14-30)18-5-3-6-19(15-18)32-2/h3-10,15H,11-14,16H2,1-2H3,(H,27,31). The number of nitrogens with one attached hydrogen (secondary N) is 1. The van der Waals surface area contributed by atoms with E-state index in [1.807, 2.05) is 37.3 Å². The van der Waals surface area contributed by atoms with Crippen LogP contribution >= 0.6 is 23.4 Å². The molecule has 2 aromatic carbocycles. The van der Waals surface area contributed by atoms with Crippen molar-refractivity contribution < 1.29 is 9.53 Å². The Labute approximate surface area is 203 Å². The first-order valence-electron chi connectivity index (χ1n) is 10.7. The third-order valence-corrected chi connectivity index (χ3v) is 6.79. The van der Waals surface area contributed by atoms with Crippen LogP contribution in [-0.4, -0.2) is 54.9 Å². The zero-order chi connectivity index (χ0) is 23.2. The number of halogens is 1. The van der Waals surface area contributed by atoms with Gasteiger partial charge in [-0.1, -0.05) is 35.5 Å². The molecule has 1 N–H and O–H groups in total. The third kappa shape index (κ3) is 5.89. The largest absolute Gasteiger partial charge is 0.497 e. The van der Waals surface area contributed by atoms with E-state index in [2.05, 4.69) is 37.2 Å². The van der Waals surface area contributed by atoms with Gasteiger partial charge < -0.3 is 19.9 Å². The minimum absolute atomic E-state index is 0.119. The summed E-state index contributed by atoms with van der Waals surface area (Å²) in [6.07, 6.45) is 1.75. The molecule has 0 saturated carbocycles. The van der Waals surface area contributed by atoms with Crippen molar-refractivity contribution in [3.05, 3.63) is 65.3 Å². The number of rotatable bonds is 7. The lowest BCUT2D eigenvalue weighted by Gasteiger charge is -2.36. The van der Waals surface area contributed by atoms with Crippen LogP contribution in [0.15, 0.2) is 59.9 Å². The van der Waals surface area contributed by atoms with Gasteiger partial charge in [-0.05, 0) is 42.8 Å². The van der Waals surface area contributed by atoms with E-state index in [4.69, 9.17) is 16.3 Å². The zero-order valence-corrected chi connectivity index (χ0v) is 20.2. The molecule has 1 fully saturated rings. The fraction of sp³-hybridized carbons (Fsp3) is 0.292. The number of hydrogen-bond acceptors (Lipinski definition) is 7. The minimum Gasteiger partial charge on any atom is -0.497 e. The molecule has 0 aliphatic carbocycles. The Hall–Kier alpha value is -2.97. The molecule has 0 bridgehead atoms. The highest BCUT2D eigenvalue weighted by molar-refractivity contribution is 7.99. The first kappa shape index (κ1) is 23.2. The molecule has 2 heterocycles. The first-order chi connectivity index (χ1) is 16.0. The number of nitrogens with zero attached hydrogens (tertiary/aromatic N) is 4. The SMILES string of the molecule is COc1cccc(N2CCN(c3ccnc(SCC(=O)Nc4cccc(Cl)c4C)n3)CC2)c1. The molecule has 1 saturated heterocycles. The van der Waals surface area contributed by atoms with Crippen molar-refractivity contribution in [2.24, 2.45) is 0 Å². The van der Waals surface area contributed by atoms with Crippen LogP contribution in [0.5, 0.6) is 5.75 Å². The molecule has 1 aliphatic heterocycles. The molecule has 0 atom stereocenters. The van der Waals surface area contributed by atoms with Crippen molar-refractivity contribution in [1.29, 1.82) is 0 Å². The number of aromatic nitrogens is 2. The van der Waals surface area contributed by atoms with E-state index < -0.39 is 0 Å². The predicted molar refractivity (Wildman–Crippen MR) is 135 cm³/mol. The van der Waals surface area contributed by atoms with Crippen LogP contribution in [0.25, 0.3) is 0 Å². The second-order valence-corrected chi connectivity index (χ2v) is 8.97. The fourth-order valence-electron chi connectivity index (χ4n) is 3.64. The molecule has 33 heavy (non-hydrogen) atoms. The van der Waals surface area contributed by atoms with Gasteiger partial charge in [0.2, 0.25) is 5.91 Å². The molecule has 1 aromatic heterocycles. The smallest absolute Gasteiger partial charge is 0.234 e. The van der Waals surface area contributed by atoms with Gasteiger partial charge in [0.15, 0.2) is 5.16 Å². The van der Waals surface area contributed by atoms with Gasteiger partial charge in [0.05, 0.1) is 12.9 Å². The van der Waals surface area contributed by atoms with E-state index in [9.17, 15) is 4.79 Å². The van der Waals surface area contributed by atoms with Crippen LogP contribution in [-0.2, 0) is 4.79 Å². The van der Waals surface area contributed by atoms with Crippen LogP contribution in [0, 0.1) is 6.92 Å². The zero-order valence-electron chi connectivity index (χ0n) is 18.6. The molecule has 1 amide bonds. The normalized spacial score (nSPS) is 13.7. The molecule has 172 valence electrons. The molecule has 3 aromatic rings. The molecule has 4 rings (SSSR count). The van der Waals surface area contributed by atoms with E-state index in [1.54, 1.807) is 19.4 Å². The summed E-state index contributed by atoms with van der Waals surface area (Å²) < 4.78 is 5.34. The van der Waals surface area contributed by atoms with E-state index in [0.29, 0.717) is 10.2 Å². The Morgan fingerprint density at radius 3 is 2.67 bits per heavy atom. The van der Waals surface area contributed by atoms with Gasteiger partial charge in [0, 0.05) is 54.8 Å². The van der Waals surface area contributed by atoms with Crippen LogP contribution in [0.1, 0.15) is 5.56 Å². The molecule has 1 aliphatic rings. The lowest BCUT2D eigenvalue weighted by atomic mass is 10.2. The molecule has 0 spiro atoms. The van der Waals surface area contributed by atoms with Gasteiger partial charge in [-0.2, -0.15) is 0 Å². The maximum absolute atomic E-state index is 12.4. The van der Waals surface area contributed by atoms with Crippen LogP contribution in [0.3, 0.4) is 0 Å². The number of carbonyl (C=O) groups is 1. The second-order valence-electron chi connectivity index (χ2n) is 7.62. The Bertz CT molecular complexity index is 1120. The number of amides is 1. The highest BCUT2D eigenvalue weighted by Gasteiger charge is 2.19. The number of carbonyl (C=O) groups excluding carboxylic acids is 1. The molecule has 9 heteroatoms. The monoisotopic (exact) mass is 483 g/mol. The maximum atomic E-state index is 12.4. The molecule has 0 unspecified atom stereocenters. The Morgan fingerprint density at radius 1 is 1.12 bits per heavy atom. The van der Waals surface area contributed by atoms with Gasteiger partial charge >= 0.3 is 0 Å². The summed E-state index contributed by atoms with van der Waals surface area (Å²) in [6, 6.07) is 15.5. The van der Waals surface area contributed by atoms with Crippen molar-refractivity contribution in [2.45, 2.75) is 12.1 Å². The lowest BCUT2D eigenvalue weighted by Crippen LogP contribution is -2.46. The molecular formula is C24H26ClN5O2S. The number of methoxy groups -OCH3 is 1. The number of thioether (sulfide) groups is 1. The van der Waals surface area contributed by atoms with Crippen molar-refractivity contribution in [2.75, 3.05) is 54.2 Å². The summed E-state index contributed by atoms with van der Waals surface area (Å²) in [5.74, 6) is 1.84. The summed E-state index contributed by atoms with van der Waals surface area (Å²) in [6.45, 7) is 5.37. The lowest BCUT2D eigenvalue weighted by molar-refractivity contribution is -0.113. The van der Waals surface area contributed by atoms with Crippen LogP contribution in [0.4, 0.5) is 17.2 Å². The van der Waals surface area contributed by atoms with Gasteiger partial charge in [0.25, 0.3) is 0 Å². The van der Waals surface area contributed by atoms with Gasteiger partial charge in [-0.3, -0.25) is 4.79 Å². The maximum Gasteiger partial charge on any atom is 0.234 e. The van der Waals surface area contributed by atoms with Crippen molar-refractivity contribution in [1.82, 2.24) is 9.97 Å². The summed E-state index contributed by atoms with van der Waals surface area (Å²) in [4.78, 5) is 26.0. The average molecular weight is 484 g/mol. The highest BCUT2D eigenvalue weighted by Crippen LogP contribution is 2.25. The highest BCUT2D eigenvalue weighted by atomic mass is 35.5. The number of anilines is 3. The topological polar surface area (TPSA) is 70.6 Å². The summed E-state index contributed by atoms with van der Waals surface area (Å²) in [7, 11) is 1.68. The van der Waals surface area contributed by atoms with Gasteiger partial charge in [-0.15, -0.1) is 0 Å². The van der Waals surface area contributed by atoms with E-state index in [1.165, 1.54) is 11.8 Å². The van der Waals surface area contributed by atoms with E-state index in [-0.39, 0.29) is 11.7 Å². The quantitative estimate of drug-likeness (QED) is 0.391. The second kappa shape index (κ2) is 10.8. The third-order valence-electron chi connectivity index (χ3n) is 5.52. The Balaban J connectivity index is 1.31. The number of ether oxygens (including phenoxy) is 1. The predicted octanol–water partition coefficient (Wildman–Crippen LogP) is 4.50. The van der Waals surface area contributed by atoms with Crippen LogP contribution < -0.4 is 19.9 Å². The average Bonchev–Trinajstić information content (AvgIpc) is 2.86. The van der Waals surface area contributed by atoms with Gasteiger partial charge in [0.1, 0.15) is 11.6 Å². The minimum atomic E-state index is -0.119. The summed E-state index contributed by atoms with van der Waals surface area (Å²) in [5, 5.41) is 4.11. The molecule has 0 radical (unpaired) electrons. The van der Waals surface area contributed by atoms with Crippen molar-refractivity contribution >= 4 is 46.5 Å². The molecular weight excluding hydrogens is 458 g/mol. The van der Waals surface area contributed by atoms with Gasteiger partial charge in [-0.25, -0.2) is 9.97 Å². The number of hydrogen-bond donors (Lipinski definition) is 1. The van der Waals surface area contributed by atoms with Crippen molar-refractivity contribution in [3.8, 4) is 5.75 Å². The molecule has 7 nitrogen and oxygen atoms in total. The first-order valence-corrected chi connectivity index (χ1v) is 12.0. The fourth-order valence-corrected chi connectivity index (χ4v) is 4.44. The van der Waals surface area contributed by atoms with E-state index >= 15 is 0 Å². The Morgan fingerprint density at radius 2 is 1.88 bits per heavy atom. The van der Waals surface area contributed by atoms with Crippen LogP contribution in [0.2, 0.25) is 5.02 Å². The summed E-state index contributed by atoms with van der Waals surface area (Å²) >= 11 is 7.45. The van der Waals surface area contributed by atoms with Crippen molar-refractivity contribution in [3.63, 3.8) is 0 Å². The Kier molecular flexibility index (Phi) is 7.57.